The second-order valence-electron chi connectivity index (χ2n) is 7.01. The highest BCUT2D eigenvalue weighted by molar-refractivity contribution is 5.79. The molecule has 1 amide bonds. The zero-order valence-electron chi connectivity index (χ0n) is 14.1. The van der Waals surface area contributed by atoms with Crippen LogP contribution >= 0.6 is 0 Å². The standard InChI is InChI=1S/C17H34N2O/c1-6-15(7-2)19(11-12(3)4)17(20)16-10-14(18)9-8-13(16)5/h12-16H,6-11,18H2,1-5H3. The van der Waals surface area contributed by atoms with E-state index in [9.17, 15) is 4.79 Å². The lowest BCUT2D eigenvalue weighted by atomic mass is 9.77. The number of rotatable bonds is 6. The van der Waals surface area contributed by atoms with Gasteiger partial charge in [0.05, 0.1) is 0 Å². The van der Waals surface area contributed by atoms with Crippen molar-refractivity contribution in [3.8, 4) is 0 Å². The maximum atomic E-state index is 13.0. The summed E-state index contributed by atoms with van der Waals surface area (Å²) in [6.45, 7) is 11.9. The van der Waals surface area contributed by atoms with Crippen molar-refractivity contribution < 1.29 is 4.79 Å². The van der Waals surface area contributed by atoms with E-state index in [0.29, 0.717) is 23.8 Å². The van der Waals surface area contributed by atoms with E-state index in [-0.39, 0.29) is 12.0 Å². The summed E-state index contributed by atoms with van der Waals surface area (Å²) in [7, 11) is 0. The van der Waals surface area contributed by atoms with Crippen LogP contribution in [-0.4, -0.2) is 29.4 Å². The number of hydrogen-bond acceptors (Lipinski definition) is 2. The van der Waals surface area contributed by atoms with Crippen LogP contribution in [0.3, 0.4) is 0 Å². The molecular formula is C17H34N2O. The predicted molar refractivity (Wildman–Crippen MR) is 85.4 cm³/mol. The Morgan fingerprint density at radius 2 is 1.85 bits per heavy atom. The Bertz CT molecular complexity index is 299. The van der Waals surface area contributed by atoms with Gasteiger partial charge in [0.25, 0.3) is 0 Å². The van der Waals surface area contributed by atoms with Gasteiger partial charge in [-0.15, -0.1) is 0 Å². The second kappa shape index (κ2) is 8.02. The molecule has 0 aliphatic heterocycles. The lowest BCUT2D eigenvalue weighted by Gasteiger charge is -2.39. The SMILES string of the molecule is CCC(CC)N(CC(C)C)C(=O)C1CC(N)CCC1C. The summed E-state index contributed by atoms with van der Waals surface area (Å²) in [4.78, 5) is 15.2. The molecule has 3 heteroatoms. The molecule has 2 N–H and O–H groups in total. The van der Waals surface area contributed by atoms with Gasteiger partial charge in [0.1, 0.15) is 0 Å². The Balaban J connectivity index is 2.85. The molecular weight excluding hydrogens is 248 g/mol. The predicted octanol–water partition coefficient (Wildman–Crippen LogP) is 3.42. The quantitative estimate of drug-likeness (QED) is 0.811. The molecule has 0 heterocycles. The third-order valence-electron chi connectivity index (χ3n) is 4.78. The van der Waals surface area contributed by atoms with Crippen molar-refractivity contribution in [2.75, 3.05) is 6.54 Å². The van der Waals surface area contributed by atoms with Gasteiger partial charge in [-0.2, -0.15) is 0 Å². The summed E-state index contributed by atoms with van der Waals surface area (Å²) in [5.41, 5.74) is 6.10. The summed E-state index contributed by atoms with van der Waals surface area (Å²) in [6, 6.07) is 0.595. The van der Waals surface area contributed by atoms with Crippen LogP contribution in [0.4, 0.5) is 0 Å². The highest BCUT2D eigenvalue weighted by Gasteiger charge is 2.35. The molecule has 1 saturated carbocycles. The van der Waals surface area contributed by atoms with Crippen LogP contribution in [-0.2, 0) is 4.79 Å². The molecule has 1 aliphatic rings. The van der Waals surface area contributed by atoms with Crippen LogP contribution < -0.4 is 5.73 Å². The van der Waals surface area contributed by atoms with E-state index in [1.807, 2.05) is 0 Å². The third kappa shape index (κ3) is 4.47. The molecule has 3 nitrogen and oxygen atoms in total. The van der Waals surface area contributed by atoms with Crippen LogP contribution in [0.1, 0.15) is 66.7 Å². The molecule has 3 atom stereocenters. The maximum Gasteiger partial charge on any atom is 0.226 e. The van der Waals surface area contributed by atoms with E-state index < -0.39 is 0 Å². The van der Waals surface area contributed by atoms with E-state index in [2.05, 4.69) is 39.5 Å². The van der Waals surface area contributed by atoms with Crippen molar-refractivity contribution in [1.29, 1.82) is 0 Å². The first-order chi connectivity index (χ1) is 9.40. The van der Waals surface area contributed by atoms with Gasteiger partial charge in [-0.3, -0.25) is 4.79 Å². The Labute approximate surface area is 125 Å². The molecule has 0 bridgehead atoms. The smallest absolute Gasteiger partial charge is 0.226 e. The zero-order valence-corrected chi connectivity index (χ0v) is 14.1. The highest BCUT2D eigenvalue weighted by atomic mass is 16.2. The lowest BCUT2D eigenvalue weighted by Crippen LogP contribution is -2.49. The average Bonchev–Trinajstić information content (AvgIpc) is 2.40. The highest BCUT2D eigenvalue weighted by Crippen LogP contribution is 2.31. The van der Waals surface area contributed by atoms with Gasteiger partial charge in [-0.05, 0) is 43.9 Å². The van der Waals surface area contributed by atoms with E-state index in [1.165, 1.54) is 0 Å². The molecule has 0 aromatic rings. The normalized spacial score (nSPS) is 27.1. The van der Waals surface area contributed by atoms with E-state index in [4.69, 9.17) is 5.73 Å². The Hall–Kier alpha value is -0.570. The average molecular weight is 282 g/mol. The van der Waals surface area contributed by atoms with Crippen LogP contribution in [0.5, 0.6) is 0 Å². The van der Waals surface area contributed by atoms with Gasteiger partial charge in [-0.1, -0.05) is 34.6 Å². The molecule has 1 rings (SSSR count). The first kappa shape index (κ1) is 17.5. The number of hydrogen-bond donors (Lipinski definition) is 1. The first-order valence-electron chi connectivity index (χ1n) is 8.46. The topological polar surface area (TPSA) is 46.3 Å². The molecule has 0 spiro atoms. The van der Waals surface area contributed by atoms with Crippen molar-refractivity contribution in [3.05, 3.63) is 0 Å². The van der Waals surface area contributed by atoms with Crippen molar-refractivity contribution >= 4 is 5.91 Å². The number of nitrogens with zero attached hydrogens (tertiary/aromatic N) is 1. The number of carbonyl (C=O) groups is 1. The van der Waals surface area contributed by atoms with E-state index >= 15 is 0 Å². The minimum absolute atomic E-state index is 0.137. The molecule has 1 aliphatic carbocycles. The zero-order chi connectivity index (χ0) is 15.3. The number of carbonyl (C=O) groups excluding carboxylic acids is 1. The molecule has 0 radical (unpaired) electrons. The third-order valence-corrected chi connectivity index (χ3v) is 4.78. The molecule has 0 aromatic carbocycles. The second-order valence-corrected chi connectivity index (χ2v) is 7.01. The van der Waals surface area contributed by atoms with E-state index in [0.717, 1.165) is 38.6 Å². The van der Waals surface area contributed by atoms with Crippen LogP contribution in [0.15, 0.2) is 0 Å². The van der Waals surface area contributed by atoms with Crippen LogP contribution in [0.2, 0.25) is 0 Å². The Morgan fingerprint density at radius 3 is 2.35 bits per heavy atom. The van der Waals surface area contributed by atoms with Crippen molar-refractivity contribution in [3.63, 3.8) is 0 Å². The van der Waals surface area contributed by atoms with E-state index in [1.54, 1.807) is 0 Å². The Kier molecular flexibility index (Phi) is 7.01. The fourth-order valence-electron chi connectivity index (χ4n) is 3.45. The fourth-order valence-corrected chi connectivity index (χ4v) is 3.45. The van der Waals surface area contributed by atoms with Gasteiger partial charge in [-0.25, -0.2) is 0 Å². The summed E-state index contributed by atoms with van der Waals surface area (Å²) < 4.78 is 0. The monoisotopic (exact) mass is 282 g/mol. The lowest BCUT2D eigenvalue weighted by molar-refractivity contribution is -0.141. The first-order valence-corrected chi connectivity index (χ1v) is 8.46. The molecule has 0 saturated heterocycles. The maximum absolute atomic E-state index is 13.0. The van der Waals surface area contributed by atoms with Crippen LogP contribution in [0.25, 0.3) is 0 Å². The summed E-state index contributed by atoms with van der Waals surface area (Å²) in [5.74, 6) is 1.49. The summed E-state index contributed by atoms with van der Waals surface area (Å²) >= 11 is 0. The molecule has 1 fully saturated rings. The van der Waals surface area contributed by atoms with Gasteiger partial charge < -0.3 is 10.6 Å². The largest absolute Gasteiger partial charge is 0.339 e. The van der Waals surface area contributed by atoms with Crippen molar-refractivity contribution in [2.45, 2.75) is 78.8 Å². The van der Waals surface area contributed by atoms with Crippen molar-refractivity contribution in [1.82, 2.24) is 4.90 Å². The van der Waals surface area contributed by atoms with Crippen LogP contribution in [0, 0.1) is 17.8 Å². The molecule has 118 valence electrons. The molecule has 3 unspecified atom stereocenters. The fraction of sp³-hybridized carbons (Fsp3) is 0.941. The van der Waals surface area contributed by atoms with Gasteiger partial charge in [0.15, 0.2) is 0 Å². The van der Waals surface area contributed by atoms with Gasteiger partial charge in [0.2, 0.25) is 5.91 Å². The minimum atomic E-state index is 0.137. The summed E-state index contributed by atoms with van der Waals surface area (Å²) in [6.07, 6.45) is 5.12. The number of nitrogens with two attached hydrogens (primary N) is 1. The van der Waals surface area contributed by atoms with Gasteiger partial charge >= 0.3 is 0 Å². The summed E-state index contributed by atoms with van der Waals surface area (Å²) in [5, 5.41) is 0. The molecule has 20 heavy (non-hydrogen) atoms. The number of amides is 1. The minimum Gasteiger partial charge on any atom is -0.339 e. The molecule has 0 aromatic heterocycles. The van der Waals surface area contributed by atoms with Gasteiger partial charge in [0, 0.05) is 24.5 Å². The Morgan fingerprint density at radius 1 is 1.25 bits per heavy atom. The van der Waals surface area contributed by atoms with Crippen molar-refractivity contribution in [2.24, 2.45) is 23.5 Å².